The molecule has 0 aromatic heterocycles. The maximum atomic E-state index is 3.68. The Hall–Kier alpha value is -0.120. The van der Waals surface area contributed by atoms with Gasteiger partial charge in [-0.15, -0.1) is 0 Å². The van der Waals surface area contributed by atoms with Crippen molar-refractivity contribution in [1.82, 2.24) is 15.1 Å². The molecular formula is C15H33N3. The van der Waals surface area contributed by atoms with E-state index >= 15 is 0 Å². The fraction of sp³-hybridized carbons (Fsp3) is 1.00. The van der Waals surface area contributed by atoms with Gasteiger partial charge in [-0.1, -0.05) is 20.8 Å². The van der Waals surface area contributed by atoms with Gasteiger partial charge in [-0.05, 0) is 39.8 Å². The molecule has 3 nitrogen and oxygen atoms in total. The van der Waals surface area contributed by atoms with E-state index in [1.807, 2.05) is 0 Å². The lowest BCUT2D eigenvalue weighted by Crippen LogP contribution is -2.49. The minimum atomic E-state index is 0.609. The van der Waals surface area contributed by atoms with Gasteiger partial charge in [0.2, 0.25) is 0 Å². The molecule has 1 heterocycles. The van der Waals surface area contributed by atoms with Crippen LogP contribution in [0.4, 0.5) is 0 Å². The van der Waals surface area contributed by atoms with Crippen molar-refractivity contribution in [3.05, 3.63) is 0 Å². The van der Waals surface area contributed by atoms with E-state index in [1.165, 1.54) is 45.4 Å². The molecule has 2 unspecified atom stereocenters. The first kappa shape index (κ1) is 15.9. The van der Waals surface area contributed by atoms with E-state index < -0.39 is 0 Å². The molecule has 0 amide bonds. The van der Waals surface area contributed by atoms with Gasteiger partial charge < -0.3 is 15.1 Å². The van der Waals surface area contributed by atoms with Crippen LogP contribution in [0.25, 0.3) is 0 Å². The topological polar surface area (TPSA) is 18.5 Å². The molecule has 0 bridgehead atoms. The minimum absolute atomic E-state index is 0.609. The summed E-state index contributed by atoms with van der Waals surface area (Å²) < 4.78 is 0. The van der Waals surface area contributed by atoms with Crippen LogP contribution < -0.4 is 5.32 Å². The molecule has 0 aromatic rings. The van der Waals surface area contributed by atoms with Crippen LogP contribution in [0.2, 0.25) is 0 Å². The number of likely N-dealkylation sites (N-methyl/N-ethyl adjacent to an activating group) is 1. The smallest absolute Gasteiger partial charge is 0.0197 e. The summed E-state index contributed by atoms with van der Waals surface area (Å²) in [7, 11) is 2.25. The van der Waals surface area contributed by atoms with Gasteiger partial charge in [0.25, 0.3) is 0 Å². The van der Waals surface area contributed by atoms with E-state index in [-0.39, 0.29) is 0 Å². The van der Waals surface area contributed by atoms with E-state index in [1.54, 1.807) is 0 Å². The predicted octanol–water partition coefficient (Wildman–Crippen LogP) is 2.18. The second kappa shape index (κ2) is 8.13. The van der Waals surface area contributed by atoms with Gasteiger partial charge in [-0.2, -0.15) is 0 Å². The highest BCUT2D eigenvalue weighted by molar-refractivity contribution is 4.80. The summed E-state index contributed by atoms with van der Waals surface area (Å²) in [6, 6.07) is 2.02. The molecule has 0 radical (unpaired) electrons. The van der Waals surface area contributed by atoms with Crippen molar-refractivity contribution in [1.29, 1.82) is 0 Å². The molecule has 1 fully saturated rings. The molecular weight excluding hydrogens is 222 g/mol. The van der Waals surface area contributed by atoms with Crippen molar-refractivity contribution >= 4 is 0 Å². The largest absolute Gasteiger partial charge is 0.311 e. The van der Waals surface area contributed by atoms with Gasteiger partial charge in [0.05, 0.1) is 0 Å². The number of nitrogens with one attached hydrogen (secondary N) is 1. The zero-order valence-electron chi connectivity index (χ0n) is 13.1. The average molecular weight is 255 g/mol. The van der Waals surface area contributed by atoms with Crippen LogP contribution in [0.1, 0.15) is 47.0 Å². The van der Waals surface area contributed by atoms with Crippen LogP contribution in [-0.2, 0) is 0 Å². The lowest BCUT2D eigenvalue weighted by Gasteiger charge is -2.35. The number of hydrogen-bond acceptors (Lipinski definition) is 3. The van der Waals surface area contributed by atoms with Crippen molar-refractivity contribution in [2.75, 3.05) is 33.2 Å². The predicted molar refractivity (Wildman–Crippen MR) is 80.1 cm³/mol. The molecule has 0 spiro atoms. The van der Waals surface area contributed by atoms with E-state index in [0.29, 0.717) is 18.1 Å². The van der Waals surface area contributed by atoms with Crippen LogP contribution in [0, 0.1) is 0 Å². The second-order valence-electron chi connectivity index (χ2n) is 6.20. The van der Waals surface area contributed by atoms with Crippen LogP contribution in [-0.4, -0.2) is 61.2 Å². The number of rotatable bonds is 7. The Kier molecular flexibility index (Phi) is 7.20. The monoisotopic (exact) mass is 255 g/mol. The van der Waals surface area contributed by atoms with E-state index in [9.17, 15) is 0 Å². The quantitative estimate of drug-likeness (QED) is 0.752. The Morgan fingerprint density at radius 1 is 1.33 bits per heavy atom. The Morgan fingerprint density at radius 2 is 2.06 bits per heavy atom. The highest BCUT2D eigenvalue weighted by Crippen LogP contribution is 2.11. The zero-order valence-corrected chi connectivity index (χ0v) is 13.1. The van der Waals surface area contributed by atoms with Crippen molar-refractivity contribution < 1.29 is 0 Å². The summed E-state index contributed by atoms with van der Waals surface area (Å²) in [5.41, 5.74) is 0. The SMILES string of the molecule is CCC(C)N(C)CCN1CCCC(NC(C)C)C1. The fourth-order valence-electron chi connectivity index (χ4n) is 2.70. The molecule has 2 atom stereocenters. The Balaban J connectivity index is 2.25. The first-order valence-corrected chi connectivity index (χ1v) is 7.71. The lowest BCUT2D eigenvalue weighted by atomic mass is 10.0. The Bertz CT molecular complexity index is 218. The standard InChI is InChI=1S/C15H33N3/c1-6-14(4)17(5)10-11-18-9-7-8-15(12-18)16-13(2)3/h13-16H,6-12H2,1-5H3. The van der Waals surface area contributed by atoms with Gasteiger partial charge >= 0.3 is 0 Å². The summed E-state index contributed by atoms with van der Waals surface area (Å²) in [6.07, 6.45) is 3.93. The van der Waals surface area contributed by atoms with Gasteiger partial charge in [0.1, 0.15) is 0 Å². The third-order valence-corrected chi connectivity index (χ3v) is 4.19. The first-order chi connectivity index (χ1) is 8.52. The highest BCUT2D eigenvalue weighted by Gasteiger charge is 2.20. The van der Waals surface area contributed by atoms with E-state index in [0.717, 1.165) is 0 Å². The third-order valence-electron chi connectivity index (χ3n) is 4.19. The summed E-state index contributed by atoms with van der Waals surface area (Å²) in [5.74, 6) is 0. The molecule has 1 aliphatic rings. The van der Waals surface area contributed by atoms with E-state index in [2.05, 4.69) is 49.9 Å². The molecule has 1 aliphatic heterocycles. The molecule has 3 heteroatoms. The molecule has 1 saturated heterocycles. The first-order valence-electron chi connectivity index (χ1n) is 7.71. The summed E-state index contributed by atoms with van der Waals surface area (Å²) >= 11 is 0. The zero-order chi connectivity index (χ0) is 13.5. The van der Waals surface area contributed by atoms with Crippen LogP contribution in [0.5, 0.6) is 0 Å². The molecule has 18 heavy (non-hydrogen) atoms. The number of piperidine rings is 1. The summed E-state index contributed by atoms with van der Waals surface area (Å²) in [4.78, 5) is 5.11. The molecule has 0 saturated carbocycles. The molecule has 1 N–H and O–H groups in total. The Labute approximate surface area is 114 Å². The highest BCUT2D eigenvalue weighted by atomic mass is 15.2. The molecule has 1 rings (SSSR count). The summed E-state index contributed by atoms with van der Waals surface area (Å²) in [5, 5.41) is 3.68. The van der Waals surface area contributed by atoms with E-state index in [4.69, 9.17) is 0 Å². The van der Waals surface area contributed by atoms with Crippen molar-refractivity contribution in [2.24, 2.45) is 0 Å². The van der Waals surface area contributed by atoms with Crippen LogP contribution in [0.15, 0.2) is 0 Å². The lowest BCUT2D eigenvalue weighted by molar-refractivity contribution is 0.152. The summed E-state index contributed by atoms with van der Waals surface area (Å²) in [6.45, 7) is 14.0. The maximum Gasteiger partial charge on any atom is 0.0197 e. The van der Waals surface area contributed by atoms with Crippen molar-refractivity contribution in [2.45, 2.75) is 65.1 Å². The Morgan fingerprint density at radius 3 is 2.67 bits per heavy atom. The molecule has 0 aliphatic carbocycles. The number of nitrogens with zero attached hydrogens (tertiary/aromatic N) is 2. The van der Waals surface area contributed by atoms with Gasteiger partial charge in [-0.25, -0.2) is 0 Å². The third kappa shape index (κ3) is 5.68. The van der Waals surface area contributed by atoms with Crippen LogP contribution >= 0.6 is 0 Å². The average Bonchev–Trinajstić information content (AvgIpc) is 2.34. The minimum Gasteiger partial charge on any atom is -0.311 e. The van der Waals surface area contributed by atoms with Crippen molar-refractivity contribution in [3.8, 4) is 0 Å². The van der Waals surface area contributed by atoms with Gasteiger partial charge in [0.15, 0.2) is 0 Å². The van der Waals surface area contributed by atoms with Gasteiger partial charge in [-0.3, -0.25) is 0 Å². The molecule has 108 valence electrons. The normalized spacial score (nSPS) is 23.8. The number of hydrogen-bond donors (Lipinski definition) is 1. The van der Waals surface area contributed by atoms with Crippen LogP contribution in [0.3, 0.4) is 0 Å². The molecule has 0 aromatic carbocycles. The van der Waals surface area contributed by atoms with Crippen molar-refractivity contribution in [3.63, 3.8) is 0 Å². The second-order valence-corrected chi connectivity index (χ2v) is 6.20. The van der Waals surface area contributed by atoms with Gasteiger partial charge in [0, 0.05) is 37.8 Å². The fourth-order valence-corrected chi connectivity index (χ4v) is 2.70. The number of likely N-dealkylation sites (tertiary alicyclic amines) is 1. The maximum absolute atomic E-state index is 3.68.